The molecule has 4 N–H and O–H groups in total. The lowest BCUT2D eigenvalue weighted by Gasteiger charge is -2.22. The Labute approximate surface area is 118 Å². The van der Waals surface area contributed by atoms with E-state index in [0.29, 0.717) is 12.8 Å². The maximum atomic E-state index is 12.0. The third-order valence-electron chi connectivity index (χ3n) is 3.31. The number of benzene rings is 1. The normalized spacial score (nSPS) is 16.0. The van der Waals surface area contributed by atoms with Crippen molar-refractivity contribution < 1.29 is 18.7 Å². The van der Waals surface area contributed by atoms with E-state index in [0.717, 1.165) is 5.56 Å². The third kappa shape index (κ3) is 2.99. The molecule has 0 atom stereocenters. The monoisotopic (exact) mass is 300 g/mol. The lowest BCUT2D eigenvalue weighted by atomic mass is 9.86. The Hall–Kier alpha value is -1.47. The van der Waals surface area contributed by atoms with Crippen molar-refractivity contribution in [3.63, 3.8) is 0 Å². The zero-order chi connectivity index (χ0) is 15.1. The van der Waals surface area contributed by atoms with Gasteiger partial charge in [-0.2, -0.15) is 0 Å². The van der Waals surface area contributed by atoms with Crippen molar-refractivity contribution in [2.75, 3.05) is 10.2 Å². The molecule has 0 heterocycles. The topological polar surface area (TPSA) is 98.7 Å². The van der Waals surface area contributed by atoms with E-state index in [4.69, 9.17) is 5.21 Å². The molecule has 2 rings (SSSR count). The summed E-state index contributed by atoms with van der Waals surface area (Å²) < 4.78 is 26.3. The first-order valence-electron chi connectivity index (χ1n) is 6.44. The van der Waals surface area contributed by atoms with E-state index in [-0.39, 0.29) is 27.8 Å². The van der Waals surface area contributed by atoms with E-state index in [2.05, 4.69) is 4.72 Å². The molecule has 0 bridgehead atoms. The highest BCUT2D eigenvalue weighted by Gasteiger charge is 2.36. The van der Waals surface area contributed by atoms with Crippen molar-refractivity contribution in [3.8, 4) is 5.75 Å². The second-order valence-electron chi connectivity index (χ2n) is 6.13. The van der Waals surface area contributed by atoms with Crippen LogP contribution in [0.3, 0.4) is 0 Å². The van der Waals surface area contributed by atoms with Crippen LogP contribution in [0.2, 0.25) is 0 Å². The van der Waals surface area contributed by atoms with Crippen LogP contribution >= 0.6 is 0 Å². The summed E-state index contributed by atoms with van der Waals surface area (Å²) >= 11 is 0. The minimum Gasteiger partial charge on any atom is -0.504 e. The fourth-order valence-corrected chi connectivity index (χ4v) is 3.23. The molecule has 0 spiro atoms. The van der Waals surface area contributed by atoms with Crippen molar-refractivity contribution in [1.29, 1.82) is 0 Å². The van der Waals surface area contributed by atoms with E-state index < -0.39 is 10.0 Å². The first kappa shape index (κ1) is 14.9. The second-order valence-corrected chi connectivity index (χ2v) is 8.09. The van der Waals surface area contributed by atoms with Gasteiger partial charge in [-0.15, -0.1) is 0 Å². The van der Waals surface area contributed by atoms with Crippen LogP contribution in [0.15, 0.2) is 12.1 Å². The molecule has 1 aromatic rings. The molecular weight excluding hydrogens is 280 g/mol. The van der Waals surface area contributed by atoms with Crippen LogP contribution in [0.1, 0.15) is 39.2 Å². The second kappa shape index (κ2) is 4.82. The first-order valence-corrected chi connectivity index (χ1v) is 7.99. The summed E-state index contributed by atoms with van der Waals surface area (Å²) in [5.74, 6) is -0.315. The number of hydrogen-bond acceptors (Lipinski definition) is 5. The van der Waals surface area contributed by atoms with Gasteiger partial charge >= 0.3 is 0 Å². The Morgan fingerprint density at radius 3 is 2.20 bits per heavy atom. The van der Waals surface area contributed by atoms with Crippen LogP contribution in [0.5, 0.6) is 5.75 Å². The maximum Gasteiger partial charge on any atom is 0.235 e. The van der Waals surface area contributed by atoms with Crippen molar-refractivity contribution in [3.05, 3.63) is 17.7 Å². The van der Waals surface area contributed by atoms with E-state index in [1.807, 2.05) is 26.3 Å². The zero-order valence-electron chi connectivity index (χ0n) is 11.8. The molecular formula is C13H20N2O4S. The van der Waals surface area contributed by atoms with Gasteiger partial charge in [0.1, 0.15) is 5.69 Å². The van der Waals surface area contributed by atoms with E-state index >= 15 is 0 Å². The Balaban J connectivity index is 2.45. The molecule has 6 nitrogen and oxygen atoms in total. The largest absolute Gasteiger partial charge is 0.504 e. The van der Waals surface area contributed by atoms with Crippen molar-refractivity contribution in [2.45, 2.75) is 44.3 Å². The Bertz CT molecular complexity index is 616. The van der Waals surface area contributed by atoms with Crippen LogP contribution in [0, 0.1) is 0 Å². The number of rotatable bonds is 4. The third-order valence-corrected chi connectivity index (χ3v) is 5.17. The van der Waals surface area contributed by atoms with Gasteiger partial charge in [0.2, 0.25) is 10.0 Å². The molecule has 112 valence electrons. The number of aromatic hydroxyl groups is 1. The number of nitrogens with one attached hydrogen (secondary N) is 2. The number of phenols is 1. The molecule has 0 aromatic heterocycles. The molecule has 1 fully saturated rings. The molecule has 1 aromatic carbocycles. The van der Waals surface area contributed by atoms with Gasteiger partial charge in [-0.05, 0) is 36.0 Å². The van der Waals surface area contributed by atoms with Gasteiger partial charge in [-0.3, -0.25) is 15.4 Å². The first-order chi connectivity index (χ1) is 9.15. The highest BCUT2D eigenvalue weighted by Crippen LogP contribution is 2.39. The summed E-state index contributed by atoms with van der Waals surface area (Å²) in [6, 6.07) is 3.18. The summed E-state index contributed by atoms with van der Waals surface area (Å²) in [5.41, 5.74) is 2.59. The molecule has 1 aliphatic carbocycles. The van der Waals surface area contributed by atoms with Crippen LogP contribution in [-0.2, 0) is 15.4 Å². The summed E-state index contributed by atoms with van der Waals surface area (Å²) in [7, 11) is -3.47. The van der Waals surface area contributed by atoms with Crippen LogP contribution in [0.4, 0.5) is 11.4 Å². The molecule has 0 amide bonds. The van der Waals surface area contributed by atoms with Gasteiger partial charge in [0.15, 0.2) is 5.75 Å². The zero-order valence-corrected chi connectivity index (χ0v) is 12.6. The number of phenolic OH excluding ortho intramolecular Hbond substituents is 1. The summed E-state index contributed by atoms with van der Waals surface area (Å²) in [4.78, 5) is 0. The average molecular weight is 300 g/mol. The van der Waals surface area contributed by atoms with E-state index in [1.165, 1.54) is 0 Å². The summed E-state index contributed by atoms with van der Waals surface area (Å²) in [5, 5.41) is 18.7. The molecule has 7 heteroatoms. The summed E-state index contributed by atoms with van der Waals surface area (Å²) in [6.07, 6.45) is 1.28. The van der Waals surface area contributed by atoms with Gasteiger partial charge in [-0.25, -0.2) is 8.42 Å². The number of sulfonamides is 1. The van der Waals surface area contributed by atoms with Gasteiger partial charge < -0.3 is 5.11 Å². The highest BCUT2D eigenvalue weighted by molar-refractivity contribution is 7.93. The standard InChI is InChI=1S/C13H20N2O4S/c1-13(2,3)8-6-10(14-17)12(16)11(7-8)15-20(18,19)9-4-5-9/h6-7,9,14-17H,4-5H2,1-3H3. The smallest absolute Gasteiger partial charge is 0.235 e. The maximum absolute atomic E-state index is 12.0. The van der Waals surface area contributed by atoms with E-state index in [1.54, 1.807) is 12.1 Å². The Morgan fingerprint density at radius 1 is 1.20 bits per heavy atom. The molecule has 0 saturated heterocycles. The minimum absolute atomic E-state index is 0.0749. The molecule has 0 radical (unpaired) electrons. The lowest BCUT2D eigenvalue weighted by Crippen LogP contribution is -2.19. The summed E-state index contributed by atoms with van der Waals surface area (Å²) in [6.45, 7) is 5.87. The van der Waals surface area contributed by atoms with Crippen molar-refractivity contribution in [2.24, 2.45) is 0 Å². The minimum atomic E-state index is -3.47. The lowest BCUT2D eigenvalue weighted by molar-refractivity contribution is 0.381. The van der Waals surface area contributed by atoms with Gasteiger partial charge in [-0.1, -0.05) is 20.8 Å². The highest BCUT2D eigenvalue weighted by atomic mass is 32.2. The van der Waals surface area contributed by atoms with Gasteiger partial charge in [0, 0.05) is 0 Å². The van der Waals surface area contributed by atoms with Crippen molar-refractivity contribution in [1.82, 2.24) is 0 Å². The predicted octanol–water partition coefficient (Wildman–Crippen LogP) is 2.39. The van der Waals surface area contributed by atoms with Gasteiger partial charge in [0.05, 0.1) is 10.9 Å². The SMILES string of the molecule is CC(C)(C)c1cc(NO)c(O)c(NS(=O)(=O)C2CC2)c1. The van der Waals surface area contributed by atoms with Gasteiger partial charge in [0.25, 0.3) is 0 Å². The fourth-order valence-electron chi connectivity index (χ4n) is 1.85. The Kier molecular flexibility index (Phi) is 3.60. The molecule has 20 heavy (non-hydrogen) atoms. The van der Waals surface area contributed by atoms with Crippen molar-refractivity contribution >= 4 is 21.4 Å². The quantitative estimate of drug-likeness (QED) is 0.505. The fraction of sp³-hybridized carbons (Fsp3) is 0.538. The molecule has 1 aliphatic rings. The average Bonchev–Trinajstić information content (AvgIpc) is 3.14. The Morgan fingerprint density at radius 2 is 1.75 bits per heavy atom. The number of anilines is 2. The van der Waals surface area contributed by atoms with Crippen LogP contribution < -0.4 is 10.2 Å². The van der Waals surface area contributed by atoms with E-state index in [9.17, 15) is 13.5 Å². The molecule has 0 unspecified atom stereocenters. The van der Waals surface area contributed by atoms with Crippen LogP contribution in [0.25, 0.3) is 0 Å². The molecule has 0 aliphatic heterocycles. The van der Waals surface area contributed by atoms with Crippen LogP contribution in [-0.4, -0.2) is 24.0 Å². The molecule has 1 saturated carbocycles. The number of hydrogen-bond donors (Lipinski definition) is 4. The predicted molar refractivity (Wildman–Crippen MR) is 77.8 cm³/mol.